The van der Waals surface area contributed by atoms with Crippen molar-refractivity contribution in [2.75, 3.05) is 11.9 Å². The Morgan fingerprint density at radius 3 is 3.00 bits per heavy atom. The summed E-state index contributed by atoms with van der Waals surface area (Å²) in [7, 11) is 0. The van der Waals surface area contributed by atoms with Gasteiger partial charge < -0.3 is 15.8 Å². The highest BCUT2D eigenvalue weighted by atomic mass is 19.1. The Balaban J connectivity index is 1.91. The summed E-state index contributed by atoms with van der Waals surface area (Å²) in [6, 6.07) is 2.64. The van der Waals surface area contributed by atoms with E-state index in [1.807, 2.05) is 0 Å². The lowest BCUT2D eigenvalue weighted by Crippen LogP contribution is -2.29. The summed E-state index contributed by atoms with van der Waals surface area (Å²) in [5, 5.41) is 2.62. The predicted molar refractivity (Wildman–Crippen MR) is 59.8 cm³/mol. The van der Waals surface area contributed by atoms with E-state index in [2.05, 4.69) is 10.3 Å². The Hall–Kier alpha value is -1.53. The van der Waals surface area contributed by atoms with Gasteiger partial charge in [-0.2, -0.15) is 4.39 Å². The molecule has 0 saturated carbocycles. The first-order chi connectivity index (χ1) is 8.19. The molecule has 0 spiro atoms. The van der Waals surface area contributed by atoms with Gasteiger partial charge >= 0.3 is 0 Å². The number of carbonyl (C=O) groups is 1. The van der Waals surface area contributed by atoms with Gasteiger partial charge in [0.2, 0.25) is 5.95 Å². The summed E-state index contributed by atoms with van der Waals surface area (Å²) in [5.74, 6) is -0.822. The van der Waals surface area contributed by atoms with E-state index < -0.39 is 12.1 Å². The zero-order chi connectivity index (χ0) is 12.3. The van der Waals surface area contributed by atoms with E-state index in [-0.39, 0.29) is 12.0 Å². The third kappa shape index (κ3) is 2.98. The molecule has 5 nitrogen and oxygen atoms in total. The third-order valence-corrected chi connectivity index (χ3v) is 2.66. The number of anilines is 1. The van der Waals surface area contributed by atoms with Crippen LogP contribution in [0.15, 0.2) is 18.3 Å². The fourth-order valence-electron chi connectivity index (χ4n) is 1.74. The van der Waals surface area contributed by atoms with E-state index in [4.69, 9.17) is 10.5 Å². The van der Waals surface area contributed by atoms with Crippen LogP contribution in [0.3, 0.4) is 0 Å². The van der Waals surface area contributed by atoms with Gasteiger partial charge in [0.25, 0.3) is 5.91 Å². The Kier molecular flexibility index (Phi) is 3.65. The molecule has 6 heteroatoms. The molecule has 0 aromatic carbocycles. The van der Waals surface area contributed by atoms with Crippen LogP contribution in [0.1, 0.15) is 12.8 Å². The topological polar surface area (TPSA) is 77.2 Å². The molecular weight excluding hydrogens is 225 g/mol. The number of nitrogens with two attached hydrogens (primary N) is 1. The molecule has 2 rings (SSSR count). The lowest BCUT2D eigenvalue weighted by molar-refractivity contribution is -0.126. The molecule has 1 amide bonds. The summed E-state index contributed by atoms with van der Waals surface area (Å²) in [5.41, 5.74) is 5.91. The number of ether oxygens (including phenoxy) is 1. The van der Waals surface area contributed by atoms with E-state index in [9.17, 15) is 9.18 Å². The number of halogens is 1. The second-order valence-corrected chi connectivity index (χ2v) is 3.92. The van der Waals surface area contributed by atoms with Crippen LogP contribution in [0.4, 0.5) is 10.1 Å². The summed E-state index contributed by atoms with van der Waals surface area (Å²) < 4.78 is 18.0. The summed E-state index contributed by atoms with van der Waals surface area (Å²) >= 11 is 0. The summed E-state index contributed by atoms with van der Waals surface area (Å²) in [4.78, 5) is 15.2. The molecule has 2 heterocycles. The van der Waals surface area contributed by atoms with Crippen LogP contribution in [0.2, 0.25) is 0 Å². The van der Waals surface area contributed by atoms with E-state index in [0.717, 1.165) is 6.42 Å². The second-order valence-electron chi connectivity index (χ2n) is 3.92. The van der Waals surface area contributed by atoms with Crippen molar-refractivity contribution in [3.63, 3.8) is 0 Å². The molecule has 1 fully saturated rings. The molecule has 0 radical (unpaired) electrons. The first kappa shape index (κ1) is 11.9. The van der Waals surface area contributed by atoms with Crippen LogP contribution in [0, 0.1) is 5.95 Å². The normalized spacial score (nSPS) is 23.6. The molecule has 1 aromatic rings. The molecule has 2 unspecified atom stereocenters. The van der Waals surface area contributed by atoms with Gasteiger partial charge in [-0.15, -0.1) is 0 Å². The van der Waals surface area contributed by atoms with Crippen LogP contribution in [-0.4, -0.2) is 29.6 Å². The van der Waals surface area contributed by atoms with Gasteiger partial charge in [-0.05, 0) is 25.0 Å². The van der Waals surface area contributed by atoms with Crippen LogP contribution in [0.25, 0.3) is 0 Å². The van der Waals surface area contributed by atoms with Gasteiger partial charge in [-0.1, -0.05) is 0 Å². The van der Waals surface area contributed by atoms with E-state index in [1.54, 1.807) is 0 Å². The lowest BCUT2D eigenvalue weighted by Gasteiger charge is -2.12. The number of nitrogens with zero attached hydrogens (tertiary/aromatic N) is 1. The second kappa shape index (κ2) is 5.20. The van der Waals surface area contributed by atoms with Crippen LogP contribution < -0.4 is 11.1 Å². The van der Waals surface area contributed by atoms with Crippen molar-refractivity contribution < 1.29 is 13.9 Å². The Morgan fingerprint density at radius 1 is 1.59 bits per heavy atom. The molecular formula is C11H14FN3O2. The molecule has 2 atom stereocenters. The minimum atomic E-state index is -0.580. The quantitative estimate of drug-likeness (QED) is 0.760. The standard InChI is InChI=1S/C11H14FN3O2/c12-10-4-1-7(6-14-10)15-11(16)9-3-2-8(5-13)17-9/h1,4,6,8-9H,2-3,5,13H2,(H,15,16). The highest BCUT2D eigenvalue weighted by Crippen LogP contribution is 2.20. The van der Waals surface area contributed by atoms with Gasteiger partial charge in [-0.3, -0.25) is 4.79 Å². The average Bonchev–Trinajstić information content (AvgIpc) is 2.81. The van der Waals surface area contributed by atoms with E-state index in [1.165, 1.54) is 18.3 Å². The Labute approximate surface area is 98.2 Å². The minimum absolute atomic E-state index is 0.0444. The Bertz CT molecular complexity index is 396. The van der Waals surface area contributed by atoms with E-state index >= 15 is 0 Å². The van der Waals surface area contributed by atoms with Crippen LogP contribution >= 0.6 is 0 Å². The number of hydrogen-bond acceptors (Lipinski definition) is 4. The summed E-state index contributed by atoms with van der Waals surface area (Å²) in [6.07, 6.45) is 2.19. The highest BCUT2D eigenvalue weighted by molar-refractivity contribution is 5.94. The first-order valence-corrected chi connectivity index (χ1v) is 5.47. The van der Waals surface area contributed by atoms with Crippen molar-refractivity contribution in [3.8, 4) is 0 Å². The van der Waals surface area contributed by atoms with Gasteiger partial charge in [0.1, 0.15) is 6.10 Å². The average molecular weight is 239 g/mol. The molecule has 17 heavy (non-hydrogen) atoms. The van der Waals surface area contributed by atoms with Crippen molar-refractivity contribution in [2.45, 2.75) is 25.0 Å². The number of hydrogen-bond donors (Lipinski definition) is 2. The largest absolute Gasteiger partial charge is 0.364 e. The number of nitrogens with one attached hydrogen (secondary N) is 1. The maximum atomic E-state index is 12.6. The molecule has 0 aliphatic carbocycles. The van der Waals surface area contributed by atoms with Crippen molar-refractivity contribution in [2.24, 2.45) is 5.73 Å². The molecule has 1 aliphatic heterocycles. The minimum Gasteiger partial charge on any atom is -0.364 e. The predicted octanol–water partition coefficient (Wildman–Crippen LogP) is 0.665. The maximum absolute atomic E-state index is 12.6. The fraction of sp³-hybridized carbons (Fsp3) is 0.455. The van der Waals surface area contributed by atoms with Crippen molar-refractivity contribution in [1.29, 1.82) is 0 Å². The van der Waals surface area contributed by atoms with Crippen molar-refractivity contribution >= 4 is 11.6 Å². The van der Waals surface area contributed by atoms with Gasteiger partial charge in [0.05, 0.1) is 18.0 Å². The molecule has 92 valence electrons. The van der Waals surface area contributed by atoms with E-state index in [0.29, 0.717) is 18.7 Å². The van der Waals surface area contributed by atoms with Gasteiger partial charge in [0.15, 0.2) is 0 Å². The molecule has 0 bridgehead atoms. The molecule has 1 aliphatic rings. The third-order valence-electron chi connectivity index (χ3n) is 2.66. The van der Waals surface area contributed by atoms with Crippen molar-refractivity contribution in [3.05, 3.63) is 24.3 Å². The molecule has 1 aromatic heterocycles. The monoisotopic (exact) mass is 239 g/mol. The first-order valence-electron chi connectivity index (χ1n) is 5.47. The zero-order valence-corrected chi connectivity index (χ0v) is 9.23. The summed E-state index contributed by atoms with van der Waals surface area (Å²) in [6.45, 7) is 0.419. The van der Waals surface area contributed by atoms with Gasteiger partial charge in [0, 0.05) is 6.54 Å². The fourth-order valence-corrected chi connectivity index (χ4v) is 1.74. The van der Waals surface area contributed by atoms with Crippen molar-refractivity contribution in [1.82, 2.24) is 4.98 Å². The smallest absolute Gasteiger partial charge is 0.253 e. The molecule has 1 saturated heterocycles. The highest BCUT2D eigenvalue weighted by Gasteiger charge is 2.29. The number of amides is 1. The number of aromatic nitrogens is 1. The van der Waals surface area contributed by atoms with Crippen LogP contribution in [-0.2, 0) is 9.53 Å². The molecule has 3 N–H and O–H groups in total. The van der Waals surface area contributed by atoms with Gasteiger partial charge in [-0.25, -0.2) is 4.98 Å². The lowest BCUT2D eigenvalue weighted by atomic mass is 10.2. The zero-order valence-electron chi connectivity index (χ0n) is 9.23. The number of pyridine rings is 1. The SMILES string of the molecule is NCC1CCC(C(=O)Nc2ccc(F)nc2)O1. The number of carbonyl (C=O) groups excluding carboxylic acids is 1. The Morgan fingerprint density at radius 2 is 2.41 bits per heavy atom. The maximum Gasteiger partial charge on any atom is 0.253 e. The number of rotatable bonds is 3. The van der Waals surface area contributed by atoms with Crippen LogP contribution in [0.5, 0.6) is 0 Å².